The standard InChI is InChI=1S/C17H28N4O2/c1-3-4-9-14-17(22)20(2)10-11-21(14)12-15-18-16(23-19-15)13-7-5-6-8-13/h13-14H,3-12H2,1-2H3/t14-/m0/s1. The maximum Gasteiger partial charge on any atom is 0.239 e. The maximum absolute atomic E-state index is 12.5. The molecule has 1 aromatic heterocycles. The Labute approximate surface area is 138 Å². The van der Waals surface area contributed by atoms with Gasteiger partial charge in [0.25, 0.3) is 0 Å². The molecule has 2 fully saturated rings. The van der Waals surface area contributed by atoms with Crippen LogP contribution in [0, 0.1) is 0 Å². The number of amides is 1. The monoisotopic (exact) mass is 320 g/mol. The topological polar surface area (TPSA) is 62.5 Å². The minimum atomic E-state index is -0.0397. The third-order valence-electron chi connectivity index (χ3n) is 5.19. The SMILES string of the molecule is CCCC[C@H]1C(=O)N(C)CCN1Cc1noc(C2CCCC2)n1. The number of carbonyl (C=O) groups excluding carboxylic acids is 1. The molecule has 2 heterocycles. The van der Waals surface area contributed by atoms with Crippen LogP contribution >= 0.6 is 0 Å². The van der Waals surface area contributed by atoms with E-state index in [1.165, 1.54) is 12.8 Å². The van der Waals surface area contributed by atoms with E-state index >= 15 is 0 Å². The van der Waals surface area contributed by atoms with Crippen molar-refractivity contribution in [3.63, 3.8) is 0 Å². The Kier molecular flexibility index (Phi) is 5.30. The first kappa shape index (κ1) is 16.4. The number of hydrogen-bond acceptors (Lipinski definition) is 5. The number of carbonyl (C=O) groups is 1. The van der Waals surface area contributed by atoms with E-state index in [0.29, 0.717) is 12.5 Å². The largest absolute Gasteiger partial charge is 0.343 e. The third kappa shape index (κ3) is 3.74. The van der Waals surface area contributed by atoms with Crippen LogP contribution in [0.15, 0.2) is 4.52 Å². The molecule has 1 saturated heterocycles. The van der Waals surface area contributed by atoms with E-state index in [-0.39, 0.29) is 11.9 Å². The summed E-state index contributed by atoms with van der Waals surface area (Å²) in [6.07, 6.45) is 7.92. The summed E-state index contributed by atoms with van der Waals surface area (Å²) in [4.78, 5) is 21.1. The summed E-state index contributed by atoms with van der Waals surface area (Å²) in [6.45, 7) is 4.43. The first-order chi connectivity index (χ1) is 11.2. The van der Waals surface area contributed by atoms with Crippen molar-refractivity contribution >= 4 is 5.91 Å². The van der Waals surface area contributed by atoms with Gasteiger partial charge >= 0.3 is 0 Å². The van der Waals surface area contributed by atoms with Gasteiger partial charge in [0, 0.05) is 26.1 Å². The molecule has 0 spiro atoms. The van der Waals surface area contributed by atoms with Crippen LogP contribution in [0.2, 0.25) is 0 Å². The Morgan fingerprint density at radius 2 is 2.04 bits per heavy atom. The van der Waals surface area contributed by atoms with Gasteiger partial charge in [0.15, 0.2) is 5.82 Å². The summed E-state index contributed by atoms with van der Waals surface area (Å²) in [5.74, 6) is 2.19. The Morgan fingerprint density at radius 1 is 1.26 bits per heavy atom. The molecule has 6 nitrogen and oxygen atoms in total. The zero-order valence-electron chi connectivity index (χ0n) is 14.3. The van der Waals surface area contributed by atoms with E-state index in [2.05, 4.69) is 22.0 Å². The van der Waals surface area contributed by atoms with Crippen LogP contribution in [0.1, 0.15) is 69.5 Å². The van der Waals surface area contributed by atoms with Crippen molar-refractivity contribution in [2.24, 2.45) is 0 Å². The highest BCUT2D eigenvalue weighted by molar-refractivity contribution is 5.82. The molecule has 0 unspecified atom stereocenters. The molecule has 1 aromatic rings. The Bertz CT molecular complexity index is 524. The van der Waals surface area contributed by atoms with Gasteiger partial charge in [-0.25, -0.2) is 0 Å². The molecular formula is C17H28N4O2. The van der Waals surface area contributed by atoms with Gasteiger partial charge in [0.05, 0.1) is 12.6 Å². The number of hydrogen-bond donors (Lipinski definition) is 0. The molecular weight excluding hydrogens is 292 g/mol. The van der Waals surface area contributed by atoms with Gasteiger partial charge in [-0.1, -0.05) is 37.8 Å². The lowest BCUT2D eigenvalue weighted by Crippen LogP contribution is -2.55. The van der Waals surface area contributed by atoms with E-state index in [0.717, 1.165) is 56.9 Å². The molecule has 0 bridgehead atoms. The number of likely N-dealkylation sites (N-methyl/N-ethyl adjacent to an activating group) is 1. The Balaban J connectivity index is 1.65. The minimum Gasteiger partial charge on any atom is -0.343 e. The zero-order chi connectivity index (χ0) is 16.2. The first-order valence-corrected chi connectivity index (χ1v) is 9.00. The fraction of sp³-hybridized carbons (Fsp3) is 0.824. The first-order valence-electron chi connectivity index (χ1n) is 9.00. The Hall–Kier alpha value is -1.43. The van der Waals surface area contributed by atoms with Gasteiger partial charge in [-0.15, -0.1) is 0 Å². The van der Waals surface area contributed by atoms with Crippen LogP contribution in [0.25, 0.3) is 0 Å². The van der Waals surface area contributed by atoms with Crippen LogP contribution in [-0.4, -0.2) is 52.0 Å². The molecule has 1 aliphatic heterocycles. The number of unbranched alkanes of at least 4 members (excludes halogenated alkanes) is 1. The maximum atomic E-state index is 12.5. The molecule has 1 aliphatic carbocycles. The summed E-state index contributed by atoms with van der Waals surface area (Å²) >= 11 is 0. The van der Waals surface area contributed by atoms with Gasteiger partial charge in [-0.05, 0) is 19.3 Å². The van der Waals surface area contributed by atoms with Gasteiger partial charge in [0.1, 0.15) is 0 Å². The van der Waals surface area contributed by atoms with E-state index < -0.39 is 0 Å². The fourth-order valence-corrected chi connectivity index (χ4v) is 3.70. The van der Waals surface area contributed by atoms with Gasteiger partial charge < -0.3 is 9.42 Å². The second kappa shape index (κ2) is 7.43. The fourth-order valence-electron chi connectivity index (χ4n) is 3.70. The normalized spacial score (nSPS) is 23.8. The lowest BCUT2D eigenvalue weighted by atomic mass is 10.0. The van der Waals surface area contributed by atoms with Crippen molar-refractivity contribution in [3.8, 4) is 0 Å². The van der Waals surface area contributed by atoms with Crippen LogP contribution in [0.5, 0.6) is 0 Å². The smallest absolute Gasteiger partial charge is 0.239 e. The van der Waals surface area contributed by atoms with Crippen molar-refractivity contribution in [1.29, 1.82) is 0 Å². The highest BCUT2D eigenvalue weighted by atomic mass is 16.5. The van der Waals surface area contributed by atoms with Crippen molar-refractivity contribution in [2.75, 3.05) is 20.1 Å². The zero-order valence-corrected chi connectivity index (χ0v) is 14.3. The van der Waals surface area contributed by atoms with E-state index in [1.54, 1.807) is 0 Å². The molecule has 6 heteroatoms. The predicted molar refractivity (Wildman–Crippen MR) is 86.9 cm³/mol. The molecule has 1 amide bonds. The number of aromatic nitrogens is 2. The van der Waals surface area contributed by atoms with E-state index in [9.17, 15) is 4.79 Å². The molecule has 3 rings (SSSR count). The third-order valence-corrected chi connectivity index (χ3v) is 5.19. The van der Waals surface area contributed by atoms with Gasteiger partial charge in [0.2, 0.25) is 11.8 Å². The average molecular weight is 320 g/mol. The molecule has 1 atom stereocenters. The van der Waals surface area contributed by atoms with Crippen molar-refractivity contribution in [1.82, 2.24) is 19.9 Å². The molecule has 2 aliphatic rings. The lowest BCUT2D eigenvalue weighted by molar-refractivity contribution is -0.141. The molecule has 0 aromatic carbocycles. The highest BCUT2D eigenvalue weighted by Crippen LogP contribution is 2.33. The molecule has 0 N–H and O–H groups in total. The van der Waals surface area contributed by atoms with E-state index in [1.807, 2.05) is 11.9 Å². The van der Waals surface area contributed by atoms with Crippen molar-refractivity contribution in [3.05, 3.63) is 11.7 Å². The summed E-state index contributed by atoms with van der Waals surface area (Å²) in [7, 11) is 1.89. The van der Waals surface area contributed by atoms with Crippen molar-refractivity contribution in [2.45, 2.75) is 70.4 Å². The minimum absolute atomic E-state index is 0.0397. The van der Waals surface area contributed by atoms with Gasteiger partial charge in [-0.2, -0.15) is 4.98 Å². The van der Waals surface area contributed by atoms with Gasteiger partial charge in [-0.3, -0.25) is 9.69 Å². The summed E-state index contributed by atoms with van der Waals surface area (Å²) in [6, 6.07) is -0.0397. The Morgan fingerprint density at radius 3 is 2.78 bits per heavy atom. The number of piperazine rings is 1. The van der Waals surface area contributed by atoms with Crippen LogP contribution in [-0.2, 0) is 11.3 Å². The van der Waals surface area contributed by atoms with Crippen LogP contribution < -0.4 is 0 Å². The summed E-state index contributed by atoms with van der Waals surface area (Å²) in [5.41, 5.74) is 0. The highest BCUT2D eigenvalue weighted by Gasteiger charge is 2.33. The van der Waals surface area contributed by atoms with Crippen LogP contribution in [0.3, 0.4) is 0 Å². The number of rotatable bonds is 6. The van der Waals surface area contributed by atoms with Crippen molar-refractivity contribution < 1.29 is 9.32 Å². The summed E-state index contributed by atoms with van der Waals surface area (Å²) < 4.78 is 5.47. The van der Waals surface area contributed by atoms with E-state index in [4.69, 9.17) is 4.52 Å². The predicted octanol–water partition coefficient (Wildman–Crippen LogP) is 2.56. The second-order valence-electron chi connectivity index (χ2n) is 6.92. The lowest BCUT2D eigenvalue weighted by Gasteiger charge is -2.38. The average Bonchev–Trinajstić information content (AvgIpc) is 3.21. The van der Waals surface area contributed by atoms with Crippen LogP contribution in [0.4, 0.5) is 0 Å². The molecule has 1 saturated carbocycles. The molecule has 0 radical (unpaired) electrons. The molecule has 23 heavy (non-hydrogen) atoms. The number of nitrogens with zero attached hydrogens (tertiary/aromatic N) is 4. The quantitative estimate of drug-likeness (QED) is 0.806. The second-order valence-corrected chi connectivity index (χ2v) is 6.92. The molecule has 128 valence electrons. The summed E-state index contributed by atoms with van der Waals surface area (Å²) in [5, 5.41) is 4.16.